The van der Waals surface area contributed by atoms with Crippen molar-refractivity contribution < 1.29 is 0 Å². The second kappa shape index (κ2) is 5.18. The van der Waals surface area contributed by atoms with Gasteiger partial charge in [-0.15, -0.1) is 0 Å². The van der Waals surface area contributed by atoms with Gasteiger partial charge in [-0.1, -0.05) is 57.1 Å². The summed E-state index contributed by atoms with van der Waals surface area (Å²) in [5, 5.41) is 0. The normalized spacial score (nSPS) is 24.5. The van der Waals surface area contributed by atoms with Crippen LogP contribution in [0.15, 0.2) is 24.3 Å². The minimum atomic E-state index is -0.490. The minimum Gasteiger partial charge on any atom is -0.0680 e. The van der Waals surface area contributed by atoms with E-state index in [0.717, 1.165) is 11.5 Å². The highest BCUT2D eigenvalue weighted by Gasteiger charge is 2.30. The summed E-state index contributed by atoms with van der Waals surface area (Å²) < 4.78 is 0. The predicted molar refractivity (Wildman–Crippen MR) is 75.0 cm³/mol. The van der Waals surface area contributed by atoms with E-state index in [1.807, 2.05) is 0 Å². The zero-order valence-electron chi connectivity index (χ0n) is 10.9. The number of rotatable bonds is 3. The number of hydrogen-bond acceptors (Lipinski definition) is 0. The molecule has 0 fully saturated rings. The van der Waals surface area contributed by atoms with E-state index in [4.69, 9.17) is 0 Å². The summed E-state index contributed by atoms with van der Waals surface area (Å²) in [6.45, 7) is 7.29. The predicted octanol–water partition coefficient (Wildman–Crippen LogP) is 4.37. The number of fused-ring (bicyclic) bond motifs is 1. The van der Waals surface area contributed by atoms with Gasteiger partial charge in [0.25, 0.3) is 0 Å². The molecule has 0 unspecified atom stereocenters. The van der Waals surface area contributed by atoms with Gasteiger partial charge in [0.05, 0.1) is 0 Å². The summed E-state index contributed by atoms with van der Waals surface area (Å²) in [5.74, 6) is 0.821. The maximum Gasteiger partial charge on any atom is 0.0400 e. The van der Waals surface area contributed by atoms with E-state index in [2.05, 4.69) is 45.0 Å². The highest BCUT2D eigenvalue weighted by Crippen LogP contribution is 2.42. The Hall–Kier alpha value is -0.563. The van der Waals surface area contributed by atoms with E-state index in [9.17, 15) is 0 Å². The molecule has 1 aliphatic rings. The quantitative estimate of drug-likeness (QED) is 0.679. The summed E-state index contributed by atoms with van der Waals surface area (Å²) in [4.78, 5) is 0. The molecule has 1 aromatic carbocycles. The third-order valence-corrected chi connectivity index (χ3v) is 8.81. The van der Waals surface area contributed by atoms with Gasteiger partial charge in [-0.25, -0.2) is 0 Å². The fraction of sp³-hybridized carbons (Fsp3) is 0.600. The van der Waals surface area contributed by atoms with Crippen LogP contribution in [0.1, 0.15) is 44.2 Å². The zero-order chi connectivity index (χ0) is 11.5. The Morgan fingerprint density at radius 2 is 1.88 bits per heavy atom. The van der Waals surface area contributed by atoms with Crippen LogP contribution in [0, 0.1) is 0 Å². The van der Waals surface area contributed by atoms with Crippen molar-refractivity contribution in [1.29, 1.82) is 0 Å². The maximum absolute atomic E-state index is 2.47. The van der Waals surface area contributed by atoms with Gasteiger partial charge < -0.3 is 0 Å². The van der Waals surface area contributed by atoms with Crippen LogP contribution >= 0.6 is 0 Å². The van der Waals surface area contributed by atoms with Gasteiger partial charge in [-0.2, -0.15) is 0 Å². The van der Waals surface area contributed by atoms with Crippen molar-refractivity contribution in [3.05, 3.63) is 35.4 Å². The van der Waals surface area contributed by atoms with Crippen LogP contribution in [0.25, 0.3) is 0 Å². The molecule has 0 N–H and O–H groups in total. The molecule has 1 aliphatic carbocycles. The van der Waals surface area contributed by atoms with Crippen molar-refractivity contribution in [2.75, 3.05) is 0 Å². The Morgan fingerprint density at radius 3 is 2.56 bits per heavy atom. The Balaban J connectivity index is 2.23. The van der Waals surface area contributed by atoms with Crippen molar-refractivity contribution in [3.8, 4) is 0 Å². The molecule has 0 aliphatic heterocycles. The third kappa shape index (κ3) is 2.10. The average Bonchev–Trinajstić information content (AvgIpc) is 2.34. The molecule has 1 heteroatoms. The van der Waals surface area contributed by atoms with E-state index < -0.39 is 8.80 Å². The molecule has 0 saturated heterocycles. The fourth-order valence-corrected chi connectivity index (χ4v) is 7.00. The summed E-state index contributed by atoms with van der Waals surface area (Å²) in [5.41, 5.74) is 4.31. The fourth-order valence-electron chi connectivity index (χ4n) is 3.55. The Kier molecular flexibility index (Phi) is 3.85. The first-order valence-corrected chi connectivity index (χ1v) is 9.15. The molecular weight excluding hydrogens is 208 g/mol. The molecule has 1 aromatic rings. The molecule has 0 bridgehead atoms. The van der Waals surface area contributed by atoms with Crippen LogP contribution < -0.4 is 0 Å². The standard InChI is InChI=1S/C15H24Si/c1-4-16(5-2)15-11-10-13-8-6-7-9-14(13)12(15)3/h6-9,12,15-16H,4-5,10-11H2,1-3H3/t12-,15+/m1/s1. The lowest BCUT2D eigenvalue weighted by Crippen LogP contribution is -2.27. The summed E-state index contributed by atoms with van der Waals surface area (Å²) in [6.07, 6.45) is 2.78. The highest BCUT2D eigenvalue weighted by molar-refractivity contribution is 6.60. The molecular formula is C15H24Si. The van der Waals surface area contributed by atoms with E-state index in [-0.39, 0.29) is 0 Å². The van der Waals surface area contributed by atoms with E-state index in [0.29, 0.717) is 0 Å². The topological polar surface area (TPSA) is 0 Å². The number of hydrogen-bond donors (Lipinski definition) is 0. The molecule has 2 rings (SSSR count). The summed E-state index contributed by atoms with van der Waals surface area (Å²) >= 11 is 0. The van der Waals surface area contributed by atoms with Gasteiger partial charge in [0.2, 0.25) is 0 Å². The van der Waals surface area contributed by atoms with Gasteiger partial charge in [-0.05, 0) is 35.4 Å². The van der Waals surface area contributed by atoms with Crippen molar-refractivity contribution in [3.63, 3.8) is 0 Å². The molecule has 0 amide bonds. The van der Waals surface area contributed by atoms with Crippen molar-refractivity contribution >= 4 is 8.80 Å². The van der Waals surface area contributed by atoms with Crippen LogP contribution in [-0.4, -0.2) is 8.80 Å². The molecule has 0 heterocycles. The maximum atomic E-state index is 2.47. The van der Waals surface area contributed by atoms with E-state index in [1.54, 1.807) is 11.1 Å². The van der Waals surface area contributed by atoms with Gasteiger partial charge in [-0.3, -0.25) is 0 Å². The van der Waals surface area contributed by atoms with Gasteiger partial charge in [0.1, 0.15) is 0 Å². The molecule has 0 nitrogen and oxygen atoms in total. The van der Waals surface area contributed by atoms with Crippen LogP contribution in [0.2, 0.25) is 17.6 Å². The molecule has 0 aromatic heterocycles. The van der Waals surface area contributed by atoms with Gasteiger partial charge in [0, 0.05) is 8.80 Å². The van der Waals surface area contributed by atoms with Crippen LogP contribution in [0.4, 0.5) is 0 Å². The molecule has 0 spiro atoms. The number of aryl methyl sites for hydroxylation is 1. The third-order valence-electron chi connectivity index (χ3n) is 4.59. The van der Waals surface area contributed by atoms with Crippen LogP contribution in [0.3, 0.4) is 0 Å². The first-order chi connectivity index (χ1) is 7.77. The largest absolute Gasteiger partial charge is 0.0680 e. The minimum absolute atomic E-state index is 0.490. The van der Waals surface area contributed by atoms with Crippen molar-refractivity contribution in [2.45, 2.75) is 57.2 Å². The lowest BCUT2D eigenvalue weighted by molar-refractivity contribution is 0.574. The lowest BCUT2D eigenvalue weighted by atomic mass is 9.83. The number of benzene rings is 1. The zero-order valence-corrected chi connectivity index (χ0v) is 12.0. The Morgan fingerprint density at radius 1 is 1.19 bits per heavy atom. The first-order valence-electron chi connectivity index (χ1n) is 6.85. The Labute approximate surface area is 102 Å². The summed E-state index contributed by atoms with van der Waals surface area (Å²) in [6, 6.07) is 12.1. The second-order valence-electron chi connectivity index (χ2n) is 5.27. The average molecular weight is 232 g/mol. The highest BCUT2D eigenvalue weighted by atomic mass is 28.3. The summed E-state index contributed by atoms with van der Waals surface area (Å²) in [7, 11) is -0.490. The van der Waals surface area contributed by atoms with Crippen molar-refractivity contribution in [1.82, 2.24) is 0 Å². The molecule has 0 saturated carbocycles. The van der Waals surface area contributed by atoms with E-state index in [1.165, 1.54) is 24.9 Å². The SMILES string of the molecule is CC[SiH](CC)[C@H]1CCc2ccccc2[C@H]1C. The molecule has 16 heavy (non-hydrogen) atoms. The second-order valence-corrected chi connectivity index (χ2v) is 9.28. The monoisotopic (exact) mass is 232 g/mol. The molecule has 2 atom stereocenters. The van der Waals surface area contributed by atoms with E-state index >= 15 is 0 Å². The molecule has 0 radical (unpaired) electrons. The molecule has 88 valence electrons. The van der Waals surface area contributed by atoms with Crippen molar-refractivity contribution in [2.24, 2.45) is 0 Å². The van der Waals surface area contributed by atoms with Crippen LogP contribution in [0.5, 0.6) is 0 Å². The first kappa shape index (κ1) is 11.9. The smallest absolute Gasteiger partial charge is 0.0400 e. The lowest BCUT2D eigenvalue weighted by Gasteiger charge is -2.35. The van der Waals surface area contributed by atoms with Crippen LogP contribution in [-0.2, 0) is 6.42 Å². The Bertz CT molecular complexity index is 341. The van der Waals surface area contributed by atoms with Gasteiger partial charge >= 0.3 is 0 Å². The van der Waals surface area contributed by atoms with Gasteiger partial charge in [0.15, 0.2) is 0 Å².